The van der Waals surface area contributed by atoms with E-state index in [1.54, 1.807) is 0 Å². The molecule has 2 heteroatoms. The molecule has 1 rings (SSSR count). The summed E-state index contributed by atoms with van der Waals surface area (Å²) in [4.78, 5) is 11.9. The van der Waals surface area contributed by atoms with Gasteiger partial charge in [-0.3, -0.25) is 4.79 Å². The van der Waals surface area contributed by atoms with Crippen LogP contribution in [0.4, 0.5) is 0 Å². The summed E-state index contributed by atoms with van der Waals surface area (Å²) in [5, 5.41) is 3.08. The third kappa shape index (κ3) is 3.17. The van der Waals surface area contributed by atoms with Gasteiger partial charge in [0.15, 0.2) is 5.78 Å². The third-order valence-corrected chi connectivity index (χ3v) is 2.28. The maximum absolute atomic E-state index is 11.9. The van der Waals surface area contributed by atoms with Crippen LogP contribution < -0.4 is 5.32 Å². The van der Waals surface area contributed by atoms with Crippen LogP contribution in [0.5, 0.6) is 0 Å². The average molecular weight is 205 g/mol. The van der Waals surface area contributed by atoms with Crippen LogP contribution in [0.25, 0.3) is 0 Å². The molecule has 0 unspecified atom stereocenters. The number of hydrogen-bond donors (Lipinski definition) is 1. The lowest BCUT2D eigenvalue weighted by Crippen LogP contribution is -2.20. The summed E-state index contributed by atoms with van der Waals surface area (Å²) in [6.07, 6.45) is 0. The second-order valence-corrected chi connectivity index (χ2v) is 4.81. The van der Waals surface area contributed by atoms with Gasteiger partial charge in [0.2, 0.25) is 0 Å². The quantitative estimate of drug-likeness (QED) is 0.769. The molecular formula is C13H19NO. The van der Waals surface area contributed by atoms with E-state index in [1.807, 2.05) is 52.1 Å². The number of hydrogen-bond acceptors (Lipinski definition) is 2. The summed E-state index contributed by atoms with van der Waals surface area (Å²) >= 11 is 0. The monoisotopic (exact) mass is 205 g/mol. The van der Waals surface area contributed by atoms with Gasteiger partial charge < -0.3 is 5.32 Å². The van der Waals surface area contributed by atoms with E-state index in [0.717, 1.165) is 12.1 Å². The molecule has 0 aliphatic carbocycles. The molecule has 82 valence electrons. The Morgan fingerprint density at radius 1 is 1.20 bits per heavy atom. The first-order chi connectivity index (χ1) is 6.95. The van der Waals surface area contributed by atoms with E-state index >= 15 is 0 Å². The Bertz CT molecular complexity index is 333. The second kappa shape index (κ2) is 4.58. The number of carbonyl (C=O) groups is 1. The molecule has 2 nitrogen and oxygen atoms in total. The lowest BCUT2D eigenvalue weighted by molar-refractivity contribution is 0.0858. The van der Waals surface area contributed by atoms with Crippen LogP contribution in [0, 0.1) is 5.41 Å². The highest BCUT2D eigenvalue weighted by molar-refractivity contribution is 5.99. The Balaban J connectivity index is 2.85. The van der Waals surface area contributed by atoms with Crippen molar-refractivity contribution in [1.82, 2.24) is 5.32 Å². The van der Waals surface area contributed by atoms with E-state index in [-0.39, 0.29) is 11.2 Å². The minimum Gasteiger partial charge on any atom is -0.316 e. The minimum absolute atomic E-state index is 0.193. The smallest absolute Gasteiger partial charge is 0.168 e. The maximum Gasteiger partial charge on any atom is 0.168 e. The van der Waals surface area contributed by atoms with Gasteiger partial charge in [0.05, 0.1) is 0 Å². The molecule has 0 spiro atoms. The highest BCUT2D eigenvalue weighted by Gasteiger charge is 2.22. The van der Waals surface area contributed by atoms with Gasteiger partial charge in [-0.05, 0) is 12.6 Å². The molecule has 1 aromatic carbocycles. The number of carbonyl (C=O) groups excluding carboxylic acids is 1. The van der Waals surface area contributed by atoms with Crippen molar-refractivity contribution in [1.29, 1.82) is 0 Å². The van der Waals surface area contributed by atoms with Crippen LogP contribution >= 0.6 is 0 Å². The molecular weight excluding hydrogens is 186 g/mol. The Morgan fingerprint density at radius 3 is 2.13 bits per heavy atom. The van der Waals surface area contributed by atoms with E-state index < -0.39 is 0 Å². The van der Waals surface area contributed by atoms with E-state index in [0.29, 0.717) is 0 Å². The summed E-state index contributed by atoms with van der Waals surface area (Å²) in [6.45, 7) is 6.66. The standard InChI is InChI=1S/C13H19NO/c1-13(2,3)12(15)11-7-5-10(6-8-11)9-14-4/h5-8,14H,9H2,1-4H3. The lowest BCUT2D eigenvalue weighted by atomic mass is 9.86. The van der Waals surface area contributed by atoms with Crippen LogP contribution in [-0.2, 0) is 6.54 Å². The van der Waals surface area contributed by atoms with Gasteiger partial charge in [-0.2, -0.15) is 0 Å². The van der Waals surface area contributed by atoms with E-state index in [4.69, 9.17) is 0 Å². The molecule has 0 aromatic heterocycles. The van der Waals surface area contributed by atoms with Crippen LogP contribution in [0.2, 0.25) is 0 Å². The minimum atomic E-state index is -0.301. The molecule has 0 saturated carbocycles. The van der Waals surface area contributed by atoms with Gasteiger partial charge >= 0.3 is 0 Å². The summed E-state index contributed by atoms with van der Waals surface area (Å²) < 4.78 is 0. The predicted octanol–water partition coefficient (Wildman–Crippen LogP) is 2.63. The largest absolute Gasteiger partial charge is 0.316 e. The Kier molecular flexibility index (Phi) is 3.64. The fourth-order valence-corrected chi connectivity index (χ4v) is 1.41. The highest BCUT2D eigenvalue weighted by atomic mass is 16.1. The van der Waals surface area contributed by atoms with Crippen molar-refractivity contribution in [3.63, 3.8) is 0 Å². The van der Waals surface area contributed by atoms with Gasteiger partial charge in [0, 0.05) is 17.5 Å². The molecule has 0 radical (unpaired) electrons. The molecule has 0 heterocycles. The number of rotatable bonds is 3. The van der Waals surface area contributed by atoms with Crippen LogP contribution in [-0.4, -0.2) is 12.8 Å². The molecule has 0 saturated heterocycles. The molecule has 1 N–H and O–H groups in total. The zero-order valence-electron chi connectivity index (χ0n) is 9.92. The molecule has 15 heavy (non-hydrogen) atoms. The average Bonchev–Trinajstić information content (AvgIpc) is 2.17. The van der Waals surface area contributed by atoms with Gasteiger partial charge in [-0.1, -0.05) is 45.0 Å². The summed E-state index contributed by atoms with van der Waals surface area (Å²) in [5.41, 5.74) is 1.69. The van der Waals surface area contributed by atoms with Gasteiger partial charge in [0.25, 0.3) is 0 Å². The van der Waals surface area contributed by atoms with E-state index in [1.165, 1.54) is 5.56 Å². The lowest BCUT2D eigenvalue weighted by Gasteiger charge is -2.16. The second-order valence-electron chi connectivity index (χ2n) is 4.81. The molecule has 0 aliphatic heterocycles. The van der Waals surface area contributed by atoms with Crippen molar-refractivity contribution in [3.8, 4) is 0 Å². The van der Waals surface area contributed by atoms with E-state index in [9.17, 15) is 4.79 Å². The predicted molar refractivity (Wildman–Crippen MR) is 63.0 cm³/mol. The molecule has 0 amide bonds. The third-order valence-electron chi connectivity index (χ3n) is 2.28. The summed E-state index contributed by atoms with van der Waals surface area (Å²) in [6, 6.07) is 7.80. The topological polar surface area (TPSA) is 29.1 Å². The van der Waals surface area contributed by atoms with E-state index in [2.05, 4.69) is 5.32 Å². The fourth-order valence-electron chi connectivity index (χ4n) is 1.41. The van der Waals surface area contributed by atoms with Crippen LogP contribution in [0.1, 0.15) is 36.7 Å². The Morgan fingerprint density at radius 2 is 1.73 bits per heavy atom. The number of benzene rings is 1. The SMILES string of the molecule is CNCc1ccc(C(=O)C(C)(C)C)cc1. The van der Waals surface area contributed by atoms with Gasteiger partial charge in [-0.15, -0.1) is 0 Å². The van der Waals surface area contributed by atoms with Crippen molar-refractivity contribution in [3.05, 3.63) is 35.4 Å². The summed E-state index contributed by atoms with van der Waals surface area (Å²) in [5.74, 6) is 0.193. The van der Waals surface area contributed by atoms with Crippen LogP contribution in [0.15, 0.2) is 24.3 Å². The summed E-state index contributed by atoms with van der Waals surface area (Å²) in [7, 11) is 1.91. The van der Waals surface area contributed by atoms with Crippen molar-refractivity contribution in [2.24, 2.45) is 5.41 Å². The molecule has 0 bridgehead atoms. The Labute approximate surface area is 91.7 Å². The van der Waals surface area contributed by atoms with Crippen LogP contribution in [0.3, 0.4) is 0 Å². The number of nitrogens with one attached hydrogen (secondary N) is 1. The zero-order chi connectivity index (χ0) is 11.5. The first-order valence-electron chi connectivity index (χ1n) is 5.23. The normalized spacial score (nSPS) is 11.5. The van der Waals surface area contributed by atoms with Crippen molar-refractivity contribution < 1.29 is 4.79 Å². The van der Waals surface area contributed by atoms with Crippen molar-refractivity contribution >= 4 is 5.78 Å². The Hall–Kier alpha value is -1.15. The van der Waals surface area contributed by atoms with Crippen molar-refractivity contribution in [2.75, 3.05) is 7.05 Å². The number of Topliss-reactive ketones (excluding diaryl/α,β-unsaturated/α-hetero) is 1. The molecule has 1 aromatic rings. The van der Waals surface area contributed by atoms with Gasteiger partial charge in [-0.25, -0.2) is 0 Å². The first kappa shape index (κ1) is 11.9. The van der Waals surface area contributed by atoms with Crippen molar-refractivity contribution in [2.45, 2.75) is 27.3 Å². The van der Waals surface area contributed by atoms with Gasteiger partial charge in [0.1, 0.15) is 0 Å². The first-order valence-corrected chi connectivity index (χ1v) is 5.23. The highest BCUT2D eigenvalue weighted by Crippen LogP contribution is 2.20. The molecule has 0 aliphatic rings. The maximum atomic E-state index is 11.9. The molecule has 0 fully saturated rings. The zero-order valence-corrected chi connectivity index (χ0v) is 9.92. The fraction of sp³-hybridized carbons (Fsp3) is 0.462. The molecule has 0 atom stereocenters. The number of ketones is 1.